The van der Waals surface area contributed by atoms with E-state index in [2.05, 4.69) is 16.2 Å². The van der Waals surface area contributed by atoms with Crippen molar-refractivity contribution in [3.63, 3.8) is 0 Å². The van der Waals surface area contributed by atoms with E-state index in [1.165, 1.54) is 0 Å². The molecule has 1 aromatic rings. The van der Waals surface area contributed by atoms with Crippen molar-refractivity contribution in [3.05, 3.63) is 11.7 Å². The maximum Gasteiger partial charge on any atom is 0.231 e. The smallest absolute Gasteiger partial charge is 0.231 e. The molecular formula is C11H15N3O2. The molecular weight excluding hydrogens is 206 g/mol. The van der Waals surface area contributed by atoms with Gasteiger partial charge in [-0.05, 0) is 12.3 Å². The Kier molecular flexibility index (Phi) is 2.92. The van der Waals surface area contributed by atoms with Crippen molar-refractivity contribution in [1.29, 1.82) is 5.26 Å². The van der Waals surface area contributed by atoms with Crippen molar-refractivity contribution in [2.75, 3.05) is 7.11 Å². The van der Waals surface area contributed by atoms with E-state index in [1.54, 1.807) is 7.11 Å². The first kappa shape index (κ1) is 11.1. The SMILES string of the molecule is COC(c1noc(C2CC2C#N)n1)C(C)C. The molecule has 0 radical (unpaired) electrons. The molecule has 3 unspecified atom stereocenters. The van der Waals surface area contributed by atoms with Gasteiger partial charge in [-0.3, -0.25) is 0 Å². The lowest BCUT2D eigenvalue weighted by Gasteiger charge is -2.14. The number of rotatable bonds is 4. The van der Waals surface area contributed by atoms with Crippen molar-refractivity contribution in [1.82, 2.24) is 10.1 Å². The molecule has 5 heteroatoms. The van der Waals surface area contributed by atoms with Crippen LogP contribution in [0.4, 0.5) is 0 Å². The molecule has 1 aliphatic rings. The van der Waals surface area contributed by atoms with Crippen LogP contribution in [0.5, 0.6) is 0 Å². The van der Waals surface area contributed by atoms with Crippen LogP contribution in [-0.4, -0.2) is 17.3 Å². The Hall–Kier alpha value is -1.41. The lowest BCUT2D eigenvalue weighted by molar-refractivity contribution is 0.0555. The zero-order valence-corrected chi connectivity index (χ0v) is 9.67. The first-order chi connectivity index (χ1) is 7.67. The molecule has 0 spiro atoms. The predicted octanol–water partition coefficient (Wildman–Crippen LogP) is 2.04. The zero-order chi connectivity index (χ0) is 11.7. The van der Waals surface area contributed by atoms with Gasteiger partial charge in [0, 0.05) is 7.11 Å². The second-order valence-corrected chi connectivity index (χ2v) is 4.47. The Balaban J connectivity index is 2.11. The van der Waals surface area contributed by atoms with Crippen LogP contribution in [0.15, 0.2) is 4.52 Å². The fraction of sp³-hybridized carbons (Fsp3) is 0.727. The molecule has 16 heavy (non-hydrogen) atoms. The van der Waals surface area contributed by atoms with Crippen LogP contribution in [0.3, 0.4) is 0 Å². The fourth-order valence-corrected chi connectivity index (χ4v) is 1.80. The summed E-state index contributed by atoms with van der Waals surface area (Å²) in [6, 6.07) is 2.20. The average molecular weight is 221 g/mol. The van der Waals surface area contributed by atoms with E-state index in [4.69, 9.17) is 14.5 Å². The van der Waals surface area contributed by atoms with Gasteiger partial charge < -0.3 is 9.26 Å². The number of aromatic nitrogens is 2. The molecule has 0 amide bonds. The van der Waals surface area contributed by atoms with Crippen LogP contribution in [0.1, 0.15) is 44.0 Å². The monoisotopic (exact) mass is 221 g/mol. The Morgan fingerprint density at radius 2 is 2.31 bits per heavy atom. The Labute approximate surface area is 94.4 Å². The molecule has 0 aromatic carbocycles. The van der Waals surface area contributed by atoms with Gasteiger partial charge >= 0.3 is 0 Å². The molecule has 2 rings (SSSR count). The van der Waals surface area contributed by atoms with E-state index in [-0.39, 0.29) is 17.9 Å². The molecule has 1 saturated carbocycles. The minimum atomic E-state index is -0.142. The van der Waals surface area contributed by atoms with Gasteiger partial charge in [0.1, 0.15) is 6.10 Å². The first-order valence-electron chi connectivity index (χ1n) is 5.43. The highest BCUT2D eigenvalue weighted by molar-refractivity contribution is 5.15. The zero-order valence-electron chi connectivity index (χ0n) is 9.67. The molecule has 5 nitrogen and oxygen atoms in total. The van der Waals surface area contributed by atoms with E-state index >= 15 is 0 Å². The van der Waals surface area contributed by atoms with Crippen LogP contribution in [0, 0.1) is 23.2 Å². The van der Waals surface area contributed by atoms with E-state index in [1.807, 2.05) is 13.8 Å². The molecule has 1 aromatic heterocycles. The maximum atomic E-state index is 8.72. The van der Waals surface area contributed by atoms with Gasteiger partial charge in [-0.1, -0.05) is 19.0 Å². The third-order valence-corrected chi connectivity index (χ3v) is 2.84. The Morgan fingerprint density at radius 3 is 2.81 bits per heavy atom. The van der Waals surface area contributed by atoms with Crippen molar-refractivity contribution in [2.24, 2.45) is 11.8 Å². The molecule has 0 saturated heterocycles. The number of nitriles is 1. The van der Waals surface area contributed by atoms with Crippen LogP contribution >= 0.6 is 0 Å². The van der Waals surface area contributed by atoms with Crippen molar-refractivity contribution in [3.8, 4) is 6.07 Å². The molecule has 0 N–H and O–H groups in total. The summed E-state index contributed by atoms with van der Waals surface area (Å²) in [6.07, 6.45) is 0.689. The highest BCUT2D eigenvalue weighted by Gasteiger charge is 2.43. The summed E-state index contributed by atoms with van der Waals surface area (Å²) >= 11 is 0. The quantitative estimate of drug-likeness (QED) is 0.777. The molecule has 0 bridgehead atoms. The third-order valence-electron chi connectivity index (χ3n) is 2.84. The second kappa shape index (κ2) is 4.22. The third kappa shape index (κ3) is 1.93. The molecule has 1 fully saturated rings. The van der Waals surface area contributed by atoms with Gasteiger partial charge in [0.05, 0.1) is 17.9 Å². The fourth-order valence-electron chi connectivity index (χ4n) is 1.80. The first-order valence-corrected chi connectivity index (χ1v) is 5.43. The van der Waals surface area contributed by atoms with Crippen LogP contribution < -0.4 is 0 Å². The van der Waals surface area contributed by atoms with Gasteiger partial charge in [0.2, 0.25) is 11.7 Å². The Morgan fingerprint density at radius 1 is 1.56 bits per heavy atom. The maximum absolute atomic E-state index is 8.72. The largest absolute Gasteiger partial charge is 0.373 e. The van der Waals surface area contributed by atoms with Crippen molar-refractivity contribution < 1.29 is 9.26 Å². The van der Waals surface area contributed by atoms with Crippen LogP contribution in [-0.2, 0) is 4.74 Å². The van der Waals surface area contributed by atoms with Gasteiger partial charge in [-0.2, -0.15) is 10.2 Å². The summed E-state index contributed by atoms with van der Waals surface area (Å²) in [5.74, 6) is 1.63. The van der Waals surface area contributed by atoms with Gasteiger partial charge in [0.25, 0.3) is 0 Å². The molecule has 1 heterocycles. The van der Waals surface area contributed by atoms with Crippen LogP contribution in [0.25, 0.3) is 0 Å². The second-order valence-electron chi connectivity index (χ2n) is 4.47. The topological polar surface area (TPSA) is 71.9 Å². The molecule has 86 valence electrons. The summed E-state index contributed by atoms with van der Waals surface area (Å²) in [6.45, 7) is 4.08. The summed E-state index contributed by atoms with van der Waals surface area (Å²) in [5, 5.41) is 12.6. The highest BCUT2D eigenvalue weighted by atomic mass is 16.5. The van der Waals surface area contributed by atoms with Gasteiger partial charge in [0.15, 0.2) is 0 Å². The summed E-state index contributed by atoms with van der Waals surface area (Å²) in [4.78, 5) is 4.31. The summed E-state index contributed by atoms with van der Waals surface area (Å²) < 4.78 is 10.5. The lowest BCUT2D eigenvalue weighted by Crippen LogP contribution is -2.10. The van der Waals surface area contributed by atoms with Gasteiger partial charge in [-0.25, -0.2) is 0 Å². The highest BCUT2D eigenvalue weighted by Crippen LogP contribution is 2.46. The minimum absolute atomic E-state index is 0.0494. The van der Waals surface area contributed by atoms with E-state index in [0.717, 1.165) is 6.42 Å². The number of nitrogens with zero attached hydrogens (tertiary/aromatic N) is 3. The molecule has 0 aliphatic heterocycles. The minimum Gasteiger partial charge on any atom is -0.373 e. The van der Waals surface area contributed by atoms with Crippen molar-refractivity contribution in [2.45, 2.75) is 32.3 Å². The van der Waals surface area contributed by atoms with Gasteiger partial charge in [-0.15, -0.1) is 0 Å². The lowest BCUT2D eigenvalue weighted by atomic mass is 10.1. The van der Waals surface area contributed by atoms with Crippen molar-refractivity contribution >= 4 is 0 Å². The summed E-state index contributed by atoms with van der Waals surface area (Å²) in [7, 11) is 1.63. The number of ether oxygens (including phenoxy) is 1. The number of hydrogen-bond donors (Lipinski definition) is 0. The number of methoxy groups -OCH3 is 1. The standard InChI is InChI=1S/C11H15N3O2/c1-6(2)9(15-3)10-13-11(16-14-10)8-4-7(8)5-12/h6-9H,4H2,1-3H3. The normalized spacial score (nSPS) is 25.4. The Bertz CT molecular complexity index is 408. The van der Waals surface area contributed by atoms with E-state index in [9.17, 15) is 0 Å². The van der Waals surface area contributed by atoms with Crippen LogP contribution in [0.2, 0.25) is 0 Å². The predicted molar refractivity (Wildman–Crippen MR) is 55.3 cm³/mol. The summed E-state index contributed by atoms with van der Waals surface area (Å²) in [5.41, 5.74) is 0. The molecule has 1 aliphatic carbocycles. The van der Waals surface area contributed by atoms with E-state index < -0.39 is 0 Å². The number of hydrogen-bond acceptors (Lipinski definition) is 5. The van der Waals surface area contributed by atoms with E-state index in [0.29, 0.717) is 17.6 Å². The average Bonchev–Trinajstić information content (AvgIpc) is 2.90. The molecule has 3 atom stereocenters.